The maximum atomic E-state index is 10.3. The van der Waals surface area contributed by atoms with Crippen molar-refractivity contribution in [1.29, 1.82) is 0 Å². The second kappa shape index (κ2) is 3.88. The number of fused-ring (bicyclic) bond motifs is 1. The van der Waals surface area contributed by atoms with Gasteiger partial charge in [-0.1, -0.05) is 6.07 Å². The first-order chi connectivity index (χ1) is 7.25. The van der Waals surface area contributed by atoms with Crippen LogP contribution < -0.4 is 0 Å². The molecule has 0 saturated carbocycles. The summed E-state index contributed by atoms with van der Waals surface area (Å²) in [6.07, 6.45) is 5.84. The fourth-order valence-corrected chi connectivity index (χ4v) is 1.25. The van der Waals surface area contributed by atoms with Gasteiger partial charge in [-0.3, -0.25) is 9.97 Å². The zero-order valence-electron chi connectivity index (χ0n) is 7.79. The molecule has 0 aliphatic heterocycles. The number of nitrogens with zero attached hydrogens (tertiary/aromatic N) is 2. The molecule has 0 aliphatic rings. The fraction of sp³-hybridized carbons (Fsp3) is 0. The van der Waals surface area contributed by atoms with Crippen molar-refractivity contribution in [2.24, 2.45) is 0 Å². The molecule has 0 spiro atoms. The van der Waals surface area contributed by atoms with Crippen LogP contribution in [-0.2, 0) is 4.79 Å². The third kappa shape index (κ3) is 2.17. The highest BCUT2D eigenvalue weighted by Crippen LogP contribution is 2.11. The molecule has 0 atom stereocenters. The number of aliphatic carboxylic acids is 1. The van der Waals surface area contributed by atoms with Crippen LogP contribution in [0.4, 0.5) is 0 Å². The van der Waals surface area contributed by atoms with E-state index in [4.69, 9.17) is 5.11 Å². The van der Waals surface area contributed by atoms with Crippen molar-refractivity contribution in [3.05, 3.63) is 42.2 Å². The van der Waals surface area contributed by atoms with Crippen molar-refractivity contribution in [1.82, 2.24) is 9.97 Å². The number of carbonyl (C=O) groups is 1. The Labute approximate surface area is 85.9 Å². The lowest BCUT2D eigenvalue weighted by molar-refractivity contribution is -0.131. The van der Waals surface area contributed by atoms with Gasteiger partial charge in [0.15, 0.2) is 0 Å². The molecule has 0 radical (unpaired) electrons. The van der Waals surface area contributed by atoms with Crippen molar-refractivity contribution in [2.75, 3.05) is 0 Å². The van der Waals surface area contributed by atoms with Gasteiger partial charge in [0.2, 0.25) is 0 Å². The first-order valence-electron chi connectivity index (χ1n) is 4.37. The summed E-state index contributed by atoms with van der Waals surface area (Å²) in [6, 6.07) is 5.40. The average molecular weight is 200 g/mol. The van der Waals surface area contributed by atoms with Crippen LogP contribution in [0.1, 0.15) is 5.56 Å². The molecule has 74 valence electrons. The van der Waals surface area contributed by atoms with E-state index in [2.05, 4.69) is 9.97 Å². The number of rotatable bonds is 2. The minimum absolute atomic E-state index is 0.755. The zero-order valence-corrected chi connectivity index (χ0v) is 7.79. The number of hydrogen-bond donors (Lipinski definition) is 1. The van der Waals surface area contributed by atoms with Gasteiger partial charge in [-0.05, 0) is 23.8 Å². The average Bonchev–Trinajstić information content (AvgIpc) is 2.26. The van der Waals surface area contributed by atoms with E-state index in [1.54, 1.807) is 24.5 Å². The van der Waals surface area contributed by atoms with Gasteiger partial charge < -0.3 is 5.11 Å². The Morgan fingerprint density at radius 2 is 1.93 bits per heavy atom. The third-order valence-electron chi connectivity index (χ3n) is 1.91. The van der Waals surface area contributed by atoms with Crippen LogP contribution >= 0.6 is 0 Å². The summed E-state index contributed by atoms with van der Waals surface area (Å²) in [7, 11) is 0. The highest BCUT2D eigenvalue weighted by atomic mass is 16.4. The SMILES string of the molecule is O=C(O)/C=C/c1ccc2nccnc2c1. The first kappa shape index (κ1) is 9.33. The van der Waals surface area contributed by atoms with E-state index in [1.807, 2.05) is 6.07 Å². The van der Waals surface area contributed by atoms with Crippen LogP contribution in [0, 0.1) is 0 Å². The number of carboxylic acids is 1. The largest absolute Gasteiger partial charge is 0.478 e. The molecule has 0 fully saturated rings. The van der Waals surface area contributed by atoms with E-state index in [0.717, 1.165) is 22.7 Å². The Morgan fingerprint density at radius 3 is 2.67 bits per heavy atom. The predicted octanol–water partition coefficient (Wildman–Crippen LogP) is 1.73. The normalized spacial score (nSPS) is 10.9. The summed E-state index contributed by atoms with van der Waals surface area (Å²) in [4.78, 5) is 18.6. The van der Waals surface area contributed by atoms with Gasteiger partial charge in [-0.25, -0.2) is 4.79 Å². The summed E-state index contributed by atoms with van der Waals surface area (Å²) in [6.45, 7) is 0. The number of hydrogen-bond acceptors (Lipinski definition) is 3. The Kier molecular flexibility index (Phi) is 2.41. The summed E-state index contributed by atoms with van der Waals surface area (Å²) in [5, 5.41) is 8.47. The molecule has 2 rings (SSSR count). The van der Waals surface area contributed by atoms with Gasteiger partial charge in [0.1, 0.15) is 0 Å². The van der Waals surface area contributed by atoms with Gasteiger partial charge in [0.25, 0.3) is 0 Å². The van der Waals surface area contributed by atoms with Crippen LogP contribution in [0.3, 0.4) is 0 Å². The van der Waals surface area contributed by atoms with E-state index in [-0.39, 0.29) is 0 Å². The van der Waals surface area contributed by atoms with E-state index in [9.17, 15) is 4.79 Å². The lowest BCUT2D eigenvalue weighted by Gasteiger charge is -1.96. The Hall–Kier alpha value is -2.23. The molecule has 1 heterocycles. The van der Waals surface area contributed by atoms with Gasteiger partial charge >= 0.3 is 5.97 Å². The Morgan fingerprint density at radius 1 is 1.20 bits per heavy atom. The molecule has 0 aliphatic carbocycles. The molecule has 1 aromatic heterocycles. The minimum atomic E-state index is -0.964. The van der Waals surface area contributed by atoms with Crippen LogP contribution in [-0.4, -0.2) is 21.0 Å². The molecule has 0 amide bonds. The summed E-state index contributed by atoms with van der Waals surface area (Å²) >= 11 is 0. The molecule has 0 unspecified atom stereocenters. The molecule has 1 aromatic carbocycles. The van der Waals surface area contributed by atoms with E-state index in [0.29, 0.717) is 0 Å². The highest BCUT2D eigenvalue weighted by Gasteiger charge is 1.95. The van der Waals surface area contributed by atoms with Gasteiger partial charge in [-0.2, -0.15) is 0 Å². The van der Waals surface area contributed by atoms with Crippen molar-refractivity contribution in [2.45, 2.75) is 0 Å². The molecule has 15 heavy (non-hydrogen) atoms. The van der Waals surface area contributed by atoms with E-state index < -0.39 is 5.97 Å². The highest BCUT2D eigenvalue weighted by molar-refractivity contribution is 5.86. The molecular formula is C11H8N2O2. The fourth-order valence-electron chi connectivity index (χ4n) is 1.25. The lowest BCUT2D eigenvalue weighted by atomic mass is 10.2. The zero-order chi connectivity index (χ0) is 10.7. The van der Waals surface area contributed by atoms with Gasteiger partial charge in [0.05, 0.1) is 11.0 Å². The van der Waals surface area contributed by atoms with E-state index in [1.165, 1.54) is 6.08 Å². The monoisotopic (exact) mass is 200 g/mol. The Balaban J connectivity index is 2.43. The van der Waals surface area contributed by atoms with Crippen LogP contribution in [0.25, 0.3) is 17.1 Å². The quantitative estimate of drug-likeness (QED) is 0.750. The summed E-state index contributed by atoms with van der Waals surface area (Å²) in [5.74, 6) is -0.964. The maximum Gasteiger partial charge on any atom is 0.328 e. The molecule has 2 aromatic rings. The number of benzene rings is 1. The summed E-state index contributed by atoms with van der Waals surface area (Å²) < 4.78 is 0. The van der Waals surface area contributed by atoms with Crippen LogP contribution in [0.15, 0.2) is 36.7 Å². The minimum Gasteiger partial charge on any atom is -0.478 e. The molecule has 4 nitrogen and oxygen atoms in total. The van der Waals surface area contributed by atoms with Crippen molar-refractivity contribution >= 4 is 23.1 Å². The third-order valence-corrected chi connectivity index (χ3v) is 1.91. The lowest BCUT2D eigenvalue weighted by Crippen LogP contribution is -1.86. The molecular weight excluding hydrogens is 192 g/mol. The standard InChI is InChI=1S/C11H8N2O2/c14-11(15)4-2-8-1-3-9-10(7-8)13-6-5-12-9/h1-7H,(H,14,15)/b4-2+. The number of carboxylic acid groups (broad SMARTS) is 1. The predicted molar refractivity (Wildman–Crippen MR) is 56.2 cm³/mol. The van der Waals surface area contributed by atoms with Gasteiger partial charge in [-0.15, -0.1) is 0 Å². The van der Waals surface area contributed by atoms with Crippen LogP contribution in [0.5, 0.6) is 0 Å². The van der Waals surface area contributed by atoms with E-state index >= 15 is 0 Å². The molecule has 4 heteroatoms. The second-order valence-corrected chi connectivity index (χ2v) is 2.98. The van der Waals surface area contributed by atoms with Crippen molar-refractivity contribution in [3.63, 3.8) is 0 Å². The maximum absolute atomic E-state index is 10.3. The second-order valence-electron chi connectivity index (χ2n) is 2.98. The van der Waals surface area contributed by atoms with Crippen molar-refractivity contribution < 1.29 is 9.90 Å². The number of aromatic nitrogens is 2. The molecule has 1 N–H and O–H groups in total. The van der Waals surface area contributed by atoms with Gasteiger partial charge in [0, 0.05) is 18.5 Å². The topological polar surface area (TPSA) is 63.1 Å². The van der Waals surface area contributed by atoms with Crippen molar-refractivity contribution in [3.8, 4) is 0 Å². The smallest absolute Gasteiger partial charge is 0.328 e. The first-order valence-corrected chi connectivity index (χ1v) is 4.37. The molecule has 0 bridgehead atoms. The molecule has 0 saturated heterocycles. The summed E-state index contributed by atoms with van der Waals surface area (Å²) in [5.41, 5.74) is 2.35. The Bertz CT molecular complexity index is 535. The van der Waals surface area contributed by atoms with Crippen LogP contribution in [0.2, 0.25) is 0 Å².